The number of rotatable bonds is 9. The fraction of sp³-hybridized carbons (Fsp3) is 0.643. The molecule has 0 bridgehead atoms. The maximum Gasteiger partial charge on any atom is 0.225 e. The predicted octanol–water partition coefficient (Wildman–Crippen LogP) is 4.48. The maximum atomic E-state index is 12.4. The van der Waals surface area contributed by atoms with Crippen molar-refractivity contribution in [3.8, 4) is 11.9 Å². The van der Waals surface area contributed by atoms with Gasteiger partial charge in [-0.1, -0.05) is 6.07 Å². The molecule has 0 radical (unpaired) electrons. The second-order valence-corrected chi connectivity index (χ2v) is 12.3. The van der Waals surface area contributed by atoms with Crippen LogP contribution in [0.2, 0.25) is 0 Å². The van der Waals surface area contributed by atoms with Crippen molar-refractivity contribution in [2.75, 3.05) is 26.2 Å². The monoisotopic (exact) mass is 509 g/mol. The Morgan fingerprint density at radius 1 is 1.25 bits per heavy atom. The van der Waals surface area contributed by atoms with Gasteiger partial charge in [0.05, 0.1) is 22.9 Å². The number of aryl methyl sites for hydroxylation is 1. The van der Waals surface area contributed by atoms with Gasteiger partial charge in [0.25, 0.3) is 0 Å². The number of nitrogens with one attached hydrogen (secondary N) is 1. The molecule has 1 aliphatic heterocycles. The van der Waals surface area contributed by atoms with E-state index < -0.39 is 5.41 Å². The fourth-order valence-corrected chi connectivity index (χ4v) is 5.88. The van der Waals surface area contributed by atoms with E-state index in [0.717, 1.165) is 66.8 Å². The second kappa shape index (κ2) is 12.2. The molecule has 7 nitrogen and oxygen atoms in total. The van der Waals surface area contributed by atoms with Crippen molar-refractivity contribution in [1.29, 1.82) is 5.26 Å². The molecule has 36 heavy (non-hydrogen) atoms. The van der Waals surface area contributed by atoms with Crippen LogP contribution in [0.5, 0.6) is 5.88 Å². The van der Waals surface area contributed by atoms with Crippen LogP contribution in [0.4, 0.5) is 0 Å². The Morgan fingerprint density at radius 3 is 2.75 bits per heavy atom. The number of carbonyl (C=O) groups excluding carboxylic acids is 1. The number of amides is 1. The standard InChI is InChI=1S/C28H39N5O2S/c1-20-30-17-24(36-20)16-26(34)31-23-7-4-21(5-8-23)10-13-33-14-11-22-6-9-27(32-25(22)12-15-33)35-19-28(2,3)18-29/h6,9,17,21,23H,4-5,7-8,10-16,19H2,1-3H3,(H,31,34). The van der Waals surface area contributed by atoms with Gasteiger partial charge in [-0.15, -0.1) is 11.3 Å². The van der Waals surface area contributed by atoms with Gasteiger partial charge in [0, 0.05) is 48.4 Å². The van der Waals surface area contributed by atoms with Gasteiger partial charge in [-0.2, -0.15) is 5.26 Å². The van der Waals surface area contributed by atoms with Gasteiger partial charge in [0.15, 0.2) is 0 Å². The second-order valence-electron chi connectivity index (χ2n) is 11.0. The summed E-state index contributed by atoms with van der Waals surface area (Å²) in [5.74, 6) is 1.49. The first-order chi connectivity index (χ1) is 17.3. The molecule has 0 spiro atoms. The highest BCUT2D eigenvalue weighted by molar-refractivity contribution is 7.11. The Labute approximate surface area is 219 Å². The number of carbonyl (C=O) groups is 1. The first-order valence-corrected chi connectivity index (χ1v) is 14.1. The van der Waals surface area contributed by atoms with Crippen molar-refractivity contribution >= 4 is 17.2 Å². The number of aromatic nitrogens is 2. The molecule has 2 aromatic heterocycles. The van der Waals surface area contributed by atoms with E-state index in [1.165, 1.54) is 24.8 Å². The molecular weight excluding hydrogens is 470 g/mol. The summed E-state index contributed by atoms with van der Waals surface area (Å²) in [5.41, 5.74) is 1.93. The van der Waals surface area contributed by atoms with E-state index in [1.807, 2.05) is 33.0 Å². The van der Waals surface area contributed by atoms with Crippen LogP contribution >= 0.6 is 11.3 Å². The lowest BCUT2D eigenvalue weighted by Crippen LogP contribution is -2.38. The van der Waals surface area contributed by atoms with E-state index in [0.29, 0.717) is 24.9 Å². The largest absolute Gasteiger partial charge is 0.476 e. The first-order valence-electron chi connectivity index (χ1n) is 13.3. The highest BCUT2D eigenvalue weighted by Crippen LogP contribution is 2.28. The summed E-state index contributed by atoms with van der Waals surface area (Å²) in [5, 5.41) is 13.5. The zero-order valence-corrected chi connectivity index (χ0v) is 22.7. The number of ether oxygens (including phenoxy) is 1. The van der Waals surface area contributed by atoms with Gasteiger partial charge >= 0.3 is 0 Å². The average Bonchev–Trinajstić information content (AvgIpc) is 3.16. The molecule has 1 saturated carbocycles. The van der Waals surface area contributed by atoms with Crippen LogP contribution in [0.25, 0.3) is 0 Å². The van der Waals surface area contributed by atoms with Gasteiger partial charge < -0.3 is 15.0 Å². The Balaban J connectivity index is 1.16. The van der Waals surface area contributed by atoms with Gasteiger partial charge in [-0.05, 0) is 77.3 Å². The number of thiazole rings is 1. The van der Waals surface area contributed by atoms with E-state index in [4.69, 9.17) is 9.72 Å². The molecule has 194 valence electrons. The first kappa shape index (κ1) is 26.6. The molecule has 1 aliphatic carbocycles. The van der Waals surface area contributed by atoms with Gasteiger partial charge in [-0.25, -0.2) is 9.97 Å². The van der Waals surface area contributed by atoms with Gasteiger partial charge in [0.1, 0.15) is 6.61 Å². The Morgan fingerprint density at radius 2 is 2.03 bits per heavy atom. The smallest absolute Gasteiger partial charge is 0.225 e. The number of hydrogen-bond donors (Lipinski definition) is 1. The van der Waals surface area contributed by atoms with E-state index >= 15 is 0 Å². The Bertz CT molecular complexity index is 1070. The number of nitrogens with zero attached hydrogens (tertiary/aromatic N) is 4. The lowest BCUT2D eigenvalue weighted by atomic mass is 9.84. The molecule has 2 aromatic rings. The molecule has 2 aliphatic rings. The lowest BCUT2D eigenvalue weighted by molar-refractivity contribution is -0.121. The van der Waals surface area contributed by atoms with Crippen LogP contribution in [0.15, 0.2) is 18.3 Å². The minimum atomic E-state index is -0.517. The summed E-state index contributed by atoms with van der Waals surface area (Å²) in [6.45, 7) is 9.29. The zero-order chi connectivity index (χ0) is 25.5. The molecule has 0 saturated heterocycles. The van der Waals surface area contributed by atoms with Crippen LogP contribution in [-0.4, -0.2) is 53.1 Å². The topological polar surface area (TPSA) is 91.1 Å². The highest BCUT2D eigenvalue weighted by atomic mass is 32.1. The Kier molecular flexibility index (Phi) is 8.97. The van der Waals surface area contributed by atoms with Crippen molar-refractivity contribution in [2.24, 2.45) is 11.3 Å². The van der Waals surface area contributed by atoms with Crippen molar-refractivity contribution in [3.05, 3.63) is 39.5 Å². The van der Waals surface area contributed by atoms with Crippen molar-refractivity contribution in [3.63, 3.8) is 0 Å². The van der Waals surface area contributed by atoms with Crippen molar-refractivity contribution in [2.45, 2.75) is 78.2 Å². The summed E-state index contributed by atoms with van der Waals surface area (Å²) >= 11 is 1.60. The fourth-order valence-electron chi connectivity index (χ4n) is 5.08. The third kappa shape index (κ3) is 7.75. The summed E-state index contributed by atoms with van der Waals surface area (Å²) in [6, 6.07) is 6.67. The molecule has 8 heteroatoms. The van der Waals surface area contributed by atoms with E-state index in [-0.39, 0.29) is 5.91 Å². The van der Waals surface area contributed by atoms with Crippen molar-refractivity contribution < 1.29 is 9.53 Å². The van der Waals surface area contributed by atoms with E-state index in [1.54, 1.807) is 11.3 Å². The molecule has 3 heterocycles. The molecule has 1 N–H and O–H groups in total. The zero-order valence-electron chi connectivity index (χ0n) is 21.9. The van der Waals surface area contributed by atoms with Gasteiger partial charge in [-0.3, -0.25) is 4.79 Å². The molecule has 4 rings (SSSR count). The van der Waals surface area contributed by atoms with Crippen LogP contribution in [-0.2, 0) is 24.1 Å². The minimum Gasteiger partial charge on any atom is -0.476 e. The normalized spacial score (nSPS) is 20.7. The molecule has 1 fully saturated rings. The number of pyridine rings is 1. The molecule has 1 amide bonds. The van der Waals surface area contributed by atoms with Crippen LogP contribution in [0, 0.1) is 29.6 Å². The van der Waals surface area contributed by atoms with Crippen LogP contribution in [0.1, 0.15) is 67.1 Å². The quantitative estimate of drug-likeness (QED) is 0.536. The number of nitriles is 1. The number of fused-ring (bicyclic) bond motifs is 1. The summed E-state index contributed by atoms with van der Waals surface area (Å²) in [6.07, 6.45) is 10.00. The van der Waals surface area contributed by atoms with Crippen LogP contribution in [0.3, 0.4) is 0 Å². The van der Waals surface area contributed by atoms with E-state index in [9.17, 15) is 10.1 Å². The lowest BCUT2D eigenvalue weighted by Gasteiger charge is -2.30. The van der Waals surface area contributed by atoms with Crippen molar-refractivity contribution in [1.82, 2.24) is 20.2 Å². The third-order valence-corrected chi connectivity index (χ3v) is 8.27. The molecule has 0 aromatic carbocycles. The average molecular weight is 510 g/mol. The van der Waals surface area contributed by atoms with Gasteiger partial charge in [0.2, 0.25) is 11.8 Å². The maximum absolute atomic E-state index is 12.4. The third-order valence-electron chi connectivity index (χ3n) is 7.36. The minimum absolute atomic E-state index is 0.127. The Hall–Kier alpha value is -2.50. The van der Waals surface area contributed by atoms with Crippen LogP contribution < -0.4 is 10.1 Å². The SMILES string of the molecule is Cc1ncc(CC(=O)NC2CCC(CCN3CCc4ccc(OCC(C)(C)C#N)nc4CC3)CC2)s1. The summed E-state index contributed by atoms with van der Waals surface area (Å²) < 4.78 is 5.81. The summed E-state index contributed by atoms with van der Waals surface area (Å²) in [4.78, 5) is 25.0. The highest BCUT2D eigenvalue weighted by Gasteiger charge is 2.24. The number of hydrogen-bond acceptors (Lipinski definition) is 7. The molecule has 0 unspecified atom stereocenters. The van der Waals surface area contributed by atoms with E-state index in [2.05, 4.69) is 27.3 Å². The predicted molar refractivity (Wildman–Crippen MR) is 142 cm³/mol. The summed E-state index contributed by atoms with van der Waals surface area (Å²) in [7, 11) is 0. The molecule has 0 atom stereocenters. The molecular formula is C28H39N5O2S.